The summed E-state index contributed by atoms with van der Waals surface area (Å²) in [6.45, 7) is 4.76. The zero-order chi connectivity index (χ0) is 18.3. The minimum atomic E-state index is 0. The second kappa shape index (κ2) is 8.19. The molecule has 1 aliphatic heterocycles. The first-order chi connectivity index (χ1) is 12.6. The first kappa shape index (κ1) is 20.1. The summed E-state index contributed by atoms with van der Waals surface area (Å²) in [6.07, 6.45) is 0.993. The van der Waals surface area contributed by atoms with Crippen LogP contribution < -0.4 is 5.73 Å². The molecular formula is C19H22Cl2N4OS. The number of carbonyl (C=O) groups excluding carboxylic acids is 1. The maximum Gasteiger partial charge on any atom is 0.264 e. The Kier molecular flexibility index (Phi) is 6.11. The van der Waals surface area contributed by atoms with Crippen molar-refractivity contribution in [2.75, 3.05) is 19.6 Å². The van der Waals surface area contributed by atoms with Crippen molar-refractivity contribution in [1.82, 2.24) is 14.7 Å². The quantitative estimate of drug-likeness (QED) is 0.689. The summed E-state index contributed by atoms with van der Waals surface area (Å²) in [7, 11) is 0. The fraction of sp³-hybridized carbons (Fsp3) is 0.368. The average molecular weight is 425 g/mol. The monoisotopic (exact) mass is 424 g/mol. The predicted octanol–water partition coefficient (Wildman–Crippen LogP) is 3.95. The number of carbonyl (C=O) groups is 1. The van der Waals surface area contributed by atoms with Crippen LogP contribution in [0.5, 0.6) is 0 Å². The van der Waals surface area contributed by atoms with Crippen LogP contribution in [0.3, 0.4) is 0 Å². The Bertz CT molecular complexity index is 968. The van der Waals surface area contributed by atoms with Crippen molar-refractivity contribution in [2.24, 2.45) is 11.7 Å². The molecule has 1 fully saturated rings. The third-order valence-corrected chi connectivity index (χ3v) is 6.51. The summed E-state index contributed by atoms with van der Waals surface area (Å²) in [4.78, 5) is 16.6. The molecule has 1 amide bonds. The highest BCUT2D eigenvalue weighted by molar-refractivity contribution is 7.20. The number of likely N-dealkylation sites (tertiary alicyclic amines) is 1. The lowest BCUT2D eigenvalue weighted by atomic mass is 10.1. The SMILES string of the molecule is Cc1nn(Cc2ccccc2Cl)c2sc(C(=O)N3CCC(CN)C3)cc12.Cl. The fourth-order valence-electron chi connectivity index (χ4n) is 3.48. The predicted molar refractivity (Wildman–Crippen MR) is 113 cm³/mol. The molecule has 1 aliphatic rings. The molecule has 27 heavy (non-hydrogen) atoms. The first-order valence-corrected chi connectivity index (χ1v) is 9.96. The molecule has 1 atom stereocenters. The van der Waals surface area contributed by atoms with Gasteiger partial charge in [-0.1, -0.05) is 29.8 Å². The molecule has 5 nitrogen and oxygen atoms in total. The molecule has 1 saturated heterocycles. The van der Waals surface area contributed by atoms with Gasteiger partial charge in [-0.15, -0.1) is 23.7 Å². The largest absolute Gasteiger partial charge is 0.338 e. The van der Waals surface area contributed by atoms with Gasteiger partial charge in [0.25, 0.3) is 5.91 Å². The van der Waals surface area contributed by atoms with Crippen LogP contribution in [0.2, 0.25) is 5.02 Å². The second-order valence-corrected chi connectivity index (χ2v) is 8.24. The van der Waals surface area contributed by atoms with Crippen LogP contribution in [0.1, 0.15) is 27.3 Å². The van der Waals surface area contributed by atoms with E-state index in [-0.39, 0.29) is 18.3 Å². The highest BCUT2D eigenvalue weighted by Crippen LogP contribution is 2.31. The third kappa shape index (κ3) is 3.85. The number of rotatable bonds is 4. The molecule has 2 N–H and O–H groups in total. The molecular weight excluding hydrogens is 403 g/mol. The van der Waals surface area contributed by atoms with Crippen LogP contribution in [0, 0.1) is 12.8 Å². The van der Waals surface area contributed by atoms with E-state index in [0.717, 1.165) is 50.9 Å². The Labute approximate surface area is 173 Å². The van der Waals surface area contributed by atoms with Gasteiger partial charge < -0.3 is 10.6 Å². The molecule has 0 spiro atoms. The van der Waals surface area contributed by atoms with Crippen molar-refractivity contribution < 1.29 is 4.79 Å². The van der Waals surface area contributed by atoms with E-state index in [9.17, 15) is 4.79 Å². The van der Waals surface area contributed by atoms with Crippen molar-refractivity contribution >= 4 is 51.5 Å². The summed E-state index contributed by atoms with van der Waals surface area (Å²) >= 11 is 7.80. The standard InChI is InChI=1S/C19H21ClN4OS.ClH/c1-12-15-8-17(18(25)23-7-6-13(9-21)10-23)26-19(15)24(22-12)11-14-4-2-3-5-16(14)20;/h2-5,8,13H,6-7,9-11,21H2,1H3;1H. The highest BCUT2D eigenvalue weighted by Gasteiger charge is 2.27. The summed E-state index contributed by atoms with van der Waals surface area (Å²) in [6, 6.07) is 9.75. The summed E-state index contributed by atoms with van der Waals surface area (Å²) in [5, 5.41) is 6.41. The van der Waals surface area contributed by atoms with Crippen molar-refractivity contribution in [3.05, 3.63) is 51.5 Å². The zero-order valence-electron chi connectivity index (χ0n) is 15.0. The Morgan fingerprint density at radius 1 is 1.41 bits per heavy atom. The van der Waals surface area contributed by atoms with Gasteiger partial charge in [-0.05, 0) is 43.5 Å². The summed E-state index contributed by atoms with van der Waals surface area (Å²) in [5.74, 6) is 0.525. The van der Waals surface area contributed by atoms with E-state index in [1.807, 2.05) is 46.8 Å². The number of nitrogens with two attached hydrogens (primary N) is 1. The Hall–Kier alpha value is -1.60. The molecule has 3 heterocycles. The number of nitrogens with zero attached hydrogens (tertiary/aromatic N) is 3. The Morgan fingerprint density at radius 2 is 2.19 bits per heavy atom. The van der Waals surface area contributed by atoms with Crippen LogP contribution >= 0.6 is 35.3 Å². The molecule has 3 aromatic rings. The third-order valence-electron chi connectivity index (χ3n) is 5.00. The molecule has 1 unspecified atom stereocenters. The Morgan fingerprint density at radius 3 is 2.89 bits per heavy atom. The number of hydrogen-bond donors (Lipinski definition) is 1. The van der Waals surface area contributed by atoms with Gasteiger partial charge in [0.1, 0.15) is 4.83 Å². The van der Waals surface area contributed by atoms with E-state index in [1.54, 1.807) is 0 Å². The number of fused-ring (bicyclic) bond motifs is 1. The van der Waals surface area contributed by atoms with E-state index in [4.69, 9.17) is 17.3 Å². The number of hydrogen-bond acceptors (Lipinski definition) is 4. The Balaban J connectivity index is 0.00000210. The van der Waals surface area contributed by atoms with E-state index in [1.165, 1.54) is 11.3 Å². The molecule has 144 valence electrons. The van der Waals surface area contributed by atoms with Gasteiger partial charge in [0, 0.05) is 23.5 Å². The fourth-order valence-corrected chi connectivity index (χ4v) is 4.80. The van der Waals surface area contributed by atoms with E-state index < -0.39 is 0 Å². The lowest BCUT2D eigenvalue weighted by molar-refractivity contribution is 0.0792. The van der Waals surface area contributed by atoms with Crippen molar-refractivity contribution in [3.8, 4) is 0 Å². The van der Waals surface area contributed by atoms with Crippen LogP contribution in [0.4, 0.5) is 0 Å². The van der Waals surface area contributed by atoms with E-state index in [0.29, 0.717) is 19.0 Å². The van der Waals surface area contributed by atoms with Gasteiger partial charge >= 0.3 is 0 Å². The normalized spacial score (nSPS) is 16.7. The van der Waals surface area contributed by atoms with Crippen molar-refractivity contribution in [1.29, 1.82) is 0 Å². The second-order valence-electron chi connectivity index (χ2n) is 6.81. The molecule has 0 radical (unpaired) electrons. The number of thiophene rings is 1. The maximum atomic E-state index is 12.9. The molecule has 0 aliphatic carbocycles. The van der Waals surface area contributed by atoms with Crippen molar-refractivity contribution in [2.45, 2.75) is 19.9 Å². The average Bonchev–Trinajstić information content (AvgIpc) is 3.34. The number of benzene rings is 1. The van der Waals surface area contributed by atoms with Gasteiger partial charge in [-0.25, -0.2) is 0 Å². The summed E-state index contributed by atoms with van der Waals surface area (Å²) in [5.41, 5.74) is 7.70. The van der Waals surface area contributed by atoms with Crippen LogP contribution in [-0.4, -0.2) is 40.2 Å². The van der Waals surface area contributed by atoms with Gasteiger partial charge in [-0.3, -0.25) is 9.48 Å². The van der Waals surface area contributed by atoms with Gasteiger partial charge in [0.05, 0.1) is 17.1 Å². The van der Waals surface area contributed by atoms with Gasteiger partial charge in [-0.2, -0.15) is 5.10 Å². The smallest absolute Gasteiger partial charge is 0.264 e. The van der Waals surface area contributed by atoms with Crippen molar-refractivity contribution in [3.63, 3.8) is 0 Å². The number of halogens is 2. The van der Waals surface area contributed by atoms with Gasteiger partial charge in [0.2, 0.25) is 0 Å². The van der Waals surface area contributed by atoms with Gasteiger partial charge in [0.15, 0.2) is 0 Å². The topological polar surface area (TPSA) is 64.2 Å². The molecule has 1 aromatic carbocycles. The van der Waals surface area contributed by atoms with Crippen LogP contribution in [0.25, 0.3) is 10.2 Å². The minimum Gasteiger partial charge on any atom is -0.338 e. The molecule has 0 saturated carbocycles. The number of amides is 1. The molecule has 4 rings (SSSR count). The number of aryl methyl sites for hydroxylation is 1. The van der Waals surface area contributed by atoms with Crippen LogP contribution in [0.15, 0.2) is 30.3 Å². The summed E-state index contributed by atoms with van der Waals surface area (Å²) < 4.78 is 1.94. The molecule has 2 aromatic heterocycles. The minimum absolute atomic E-state index is 0. The lowest BCUT2D eigenvalue weighted by Crippen LogP contribution is -2.29. The van der Waals surface area contributed by atoms with Crippen LogP contribution in [-0.2, 0) is 6.54 Å². The van der Waals surface area contributed by atoms with E-state index >= 15 is 0 Å². The zero-order valence-corrected chi connectivity index (χ0v) is 17.4. The lowest BCUT2D eigenvalue weighted by Gasteiger charge is -2.14. The van der Waals surface area contributed by atoms with E-state index in [2.05, 4.69) is 5.10 Å². The first-order valence-electron chi connectivity index (χ1n) is 8.76. The molecule has 8 heteroatoms. The highest BCUT2D eigenvalue weighted by atomic mass is 35.5. The molecule has 0 bridgehead atoms. The number of aromatic nitrogens is 2. The maximum absolute atomic E-state index is 12.9.